The van der Waals surface area contributed by atoms with Crippen LogP contribution in [0.1, 0.15) is 296 Å². The van der Waals surface area contributed by atoms with E-state index in [0.717, 1.165) is 77.0 Å². The van der Waals surface area contributed by atoms with Gasteiger partial charge >= 0.3 is 0 Å². The molecule has 1 rings (SSSR count). The lowest BCUT2D eigenvalue weighted by molar-refractivity contribution is -0.302. The first kappa shape index (κ1) is 76.1. The maximum absolute atomic E-state index is 13.1. The molecule has 0 aromatic rings. The third-order valence-electron chi connectivity index (χ3n) is 15.6. The van der Waals surface area contributed by atoms with Gasteiger partial charge in [-0.15, -0.1) is 0 Å². The van der Waals surface area contributed by atoms with Gasteiger partial charge in [-0.1, -0.05) is 297 Å². The van der Waals surface area contributed by atoms with Crippen molar-refractivity contribution in [2.45, 2.75) is 339 Å². The summed E-state index contributed by atoms with van der Waals surface area (Å²) in [6, 6.07) is -0.833. The minimum absolute atomic E-state index is 0.189. The van der Waals surface area contributed by atoms with Crippen LogP contribution in [0.25, 0.3) is 0 Å². The Balaban J connectivity index is 2.15. The standard InChI is InChI=1S/C72H127NO8/c1-3-5-7-9-11-13-15-17-19-21-23-25-27-28-29-30-31-32-33-34-35-36-37-38-40-42-44-46-48-50-52-54-56-58-60-62-68(76)73-65(64-80-72-71(79)70(78)69(77)67(63-74)81-72)66(75)61-59-57-55-53-51-49-47-45-43-41-39-26-24-22-20-18-16-14-12-10-8-6-4-2/h5,7,11,13,17,19,23,25,28-29,43,45,51,53,59,61,65-67,69-72,74-75,77-79H,3-4,6,8-10,12,14-16,18,20-22,24,26-27,30-42,44,46-50,52,54-58,60,62-64H2,1-2H3,(H,73,76)/b7-5-,13-11-,19-17-,25-23-,29-28-,45-43+,53-51+,61-59+. The number of hydrogen-bond acceptors (Lipinski definition) is 8. The molecule has 1 amide bonds. The molecule has 7 unspecified atom stereocenters. The molecule has 0 aromatic heterocycles. The molecule has 1 aliphatic rings. The average molecular weight is 1130 g/mol. The minimum Gasteiger partial charge on any atom is -0.394 e. The van der Waals surface area contributed by atoms with Crippen LogP contribution in [0.4, 0.5) is 0 Å². The highest BCUT2D eigenvalue weighted by atomic mass is 16.7. The Bertz CT molecular complexity index is 1600. The lowest BCUT2D eigenvalue weighted by atomic mass is 9.99. The van der Waals surface area contributed by atoms with E-state index >= 15 is 0 Å². The molecule has 0 aromatic carbocycles. The number of nitrogens with one attached hydrogen (secondary N) is 1. The Morgan fingerprint density at radius 3 is 1.19 bits per heavy atom. The highest BCUT2D eigenvalue weighted by molar-refractivity contribution is 5.76. The summed E-state index contributed by atoms with van der Waals surface area (Å²) in [6.45, 7) is 3.67. The maximum atomic E-state index is 13.1. The van der Waals surface area contributed by atoms with Crippen LogP contribution in [0.3, 0.4) is 0 Å². The molecule has 81 heavy (non-hydrogen) atoms. The van der Waals surface area contributed by atoms with Crippen molar-refractivity contribution in [1.82, 2.24) is 5.32 Å². The van der Waals surface area contributed by atoms with Crippen molar-refractivity contribution in [2.24, 2.45) is 0 Å². The van der Waals surface area contributed by atoms with E-state index in [2.05, 4.69) is 104 Å². The minimum atomic E-state index is -1.58. The number of aliphatic hydroxyl groups is 5. The molecule has 7 atom stereocenters. The topological polar surface area (TPSA) is 149 Å². The van der Waals surface area contributed by atoms with Gasteiger partial charge in [0.05, 0.1) is 25.4 Å². The molecule has 1 aliphatic heterocycles. The summed E-state index contributed by atoms with van der Waals surface area (Å²) in [4.78, 5) is 13.1. The molecule has 1 heterocycles. The summed E-state index contributed by atoms with van der Waals surface area (Å²) in [5, 5.41) is 54.7. The van der Waals surface area contributed by atoms with Gasteiger partial charge in [0.25, 0.3) is 0 Å². The lowest BCUT2D eigenvalue weighted by Gasteiger charge is -2.40. The molecule has 0 saturated carbocycles. The number of allylic oxidation sites excluding steroid dienone is 15. The second-order valence-corrected chi connectivity index (χ2v) is 23.2. The summed E-state index contributed by atoms with van der Waals surface area (Å²) in [5.74, 6) is -0.189. The van der Waals surface area contributed by atoms with Gasteiger partial charge in [0, 0.05) is 6.42 Å². The van der Waals surface area contributed by atoms with Gasteiger partial charge in [-0.2, -0.15) is 0 Å². The van der Waals surface area contributed by atoms with Crippen LogP contribution in [0.15, 0.2) is 97.2 Å². The number of carbonyl (C=O) groups is 1. The molecule has 1 fully saturated rings. The smallest absolute Gasteiger partial charge is 0.220 e. The predicted octanol–water partition coefficient (Wildman–Crippen LogP) is 18.3. The summed E-state index contributed by atoms with van der Waals surface area (Å²) in [6.07, 6.45) is 80.8. The van der Waals surface area contributed by atoms with Gasteiger partial charge in [-0.05, 0) is 89.9 Å². The van der Waals surface area contributed by atoms with Gasteiger partial charge in [0.2, 0.25) is 5.91 Å². The van der Waals surface area contributed by atoms with Gasteiger partial charge in [0.15, 0.2) is 6.29 Å². The first-order chi connectivity index (χ1) is 39.8. The Morgan fingerprint density at radius 1 is 0.432 bits per heavy atom. The van der Waals surface area contributed by atoms with E-state index < -0.39 is 49.5 Å². The van der Waals surface area contributed by atoms with Crippen LogP contribution in [0.2, 0.25) is 0 Å². The number of hydrogen-bond donors (Lipinski definition) is 6. The van der Waals surface area contributed by atoms with Crippen LogP contribution >= 0.6 is 0 Å². The quantitative estimate of drug-likeness (QED) is 0.0261. The first-order valence-corrected chi connectivity index (χ1v) is 34.0. The van der Waals surface area contributed by atoms with E-state index in [-0.39, 0.29) is 12.5 Å². The van der Waals surface area contributed by atoms with Crippen molar-refractivity contribution in [3.05, 3.63) is 97.2 Å². The highest BCUT2D eigenvalue weighted by Crippen LogP contribution is 2.23. The first-order valence-electron chi connectivity index (χ1n) is 34.0. The van der Waals surface area contributed by atoms with E-state index in [1.807, 2.05) is 6.08 Å². The van der Waals surface area contributed by atoms with Crippen molar-refractivity contribution >= 4 is 5.91 Å². The largest absolute Gasteiger partial charge is 0.394 e. The summed E-state index contributed by atoms with van der Waals surface area (Å²) >= 11 is 0. The molecule has 1 saturated heterocycles. The molecule has 0 radical (unpaired) electrons. The molecule has 0 bridgehead atoms. The van der Waals surface area contributed by atoms with Crippen molar-refractivity contribution in [3.63, 3.8) is 0 Å². The van der Waals surface area contributed by atoms with Crippen LogP contribution in [-0.2, 0) is 14.3 Å². The Labute approximate surface area is 498 Å². The van der Waals surface area contributed by atoms with Gasteiger partial charge < -0.3 is 40.3 Å². The zero-order valence-electron chi connectivity index (χ0n) is 52.3. The normalized spacial score (nSPS) is 19.0. The SMILES string of the molecule is CC/C=C\C/C=C\C/C=C\C/C=C\C/C=C\CCCCCCCCCCCCCCCCCCCCCC(=O)NC(COC1OC(CO)C(O)C(O)C1O)C(O)/C=C/CC/C=C/CC/C=C/CCCCCCCCCCCCCCC. The van der Waals surface area contributed by atoms with E-state index in [4.69, 9.17) is 9.47 Å². The van der Waals surface area contributed by atoms with Gasteiger partial charge in [-0.25, -0.2) is 0 Å². The molecule has 0 spiro atoms. The fourth-order valence-corrected chi connectivity index (χ4v) is 10.3. The lowest BCUT2D eigenvalue weighted by Crippen LogP contribution is -2.60. The zero-order valence-corrected chi connectivity index (χ0v) is 52.3. The summed E-state index contributed by atoms with van der Waals surface area (Å²) in [5.41, 5.74) is 0. The number of carbonyl (C=O) groups excluding carboxylic acids is 1. The highest BCUT2D eigenvalue weighted by Gasteiger charge is 2.44. The third kappa shape index (κ3) is 49.1. The number of amides is 1. The van der Waals surface area contributed by atoms with Gasteiger partial charge in [0.1, 0.15) is 24.4 Å². The number of aliphatic hydroxyl groups excluding tert-OH is 5. The zero-order chi connectivity index (χ0) is 58.6. The second-order valence-electron chi connectivity index (χ2n) is 23.2. The average Bonchev–Trinajstić information content (AvgIpc) is 3.48. The summed E-state index contributed by atoms with van der Waals surface area (Å²) in [7, 11) is 0. The molecule has 9 heteroatoms. The number of rotatable bonds is 58. The third-order valence-corrected chi connectivity index (χ3v) is 15.6. The fourth-order valence-electron chi connectivity index (χ4n) is 10.3. The Kier molecular flexibility index (Phi) is 56.6. The van der Waals surface area contributed by atoms with E-state index in [0.29, 0.717) is 6.42 Å². The molecular formula is C72H127NO8. The van der Waals surface area contributed by atoms with E-state index in [1.165, 1.54) is 199 Å². The molecule has 468 valence electrons. The van der Waals surface area contributed by atoms with Crippen LogP contribution < -0.4 is 5.32 Å². The predicted molar refractivity (Wildman–Crippen MR) is 345 cm³/mol. The van der Waals surface area contributed by atoms with Crippen molar-refractivity contribution < 1.29 is 39.8 Å². The molecule has 9 nitrogen and oxygen atoms in total. The van der Waals surface area contributed by atoms with E-state index in [9.17, 15) is 30.3 Å². The van der Waals surface area contributed by atoms with Crippen molar-refractivity contribution in [1.29, 1.82) is 0 Å². The fraction of sp³-hybridized carbons (Fsp3) is 0.764. The molecule has 0 aliphatic carbocycles. The van der Waals surface area contributed by atoms with Crippen LogP contribution in [0.5, 0.6) is 0 Å². The number of unbranched alkanes of at least 4 members (excludes halogenated alkanes) is 34. The summed E-state index contributed by atoms with van der Waals surface area (Å²) < 4.78 is 11.3. The Morgan fingerprint density at radius 2 is 0.778 bits per heavy atom. The molecule has 6 N–H and O–H groups in total. The van der Waals surface area contributed by atoms with Crippen LogP contribution in [0, 0.1) is 0 Å². The number of ether oxygens (including phenoxy) is 2. The monoisotopic (exact) mass is 1130 g/mol. The van der Waals surface area contributed by atoms with E-state index in [1.54, 1.807) is 6.08 Å². The Hall–Kier alpha value is -2.89. The van der Waals surface area contributed by atoms with Crippen LogP contribution in [-0.4, -0.2) is 87.5 Å². The maximum Gasteiger partial charge on any atom is 0.220 e. The second kappa shape index (κ2) is 60.2. The van der Waals surface area contributed by atoms with Crippen molar-refractivity contribution in [3.8, 4) is 0 Å². The van der Waals surface area contributed by atoms with Crippen molar-refractivity contribution in [2.75, 3.05) is 13.2 Å². The van der Waals surface area contributed by atoms with Gasteiger partial charge in [-0.3, -0.25) is 4.79 Å². The molecular weight excluding hydrogens is 1010 g/mol.